The summed E-state index contributed by atoms with van der Waals surface area (Å²) in [5.74, 6) is -0.951. The van der Waals surface area contributed by atoms with E-state index in [0.29, 0.717) is 19.3 Å². The fourth-order valence-corrected chi connectivity index (χ4v) is 6.96. The van der Waals surface area contributed by atoms with E-state index in [1.165, 1.54) is 57.8 Å². The number of allylic oxidation sites excluding steroid dienone is 16. The number of ether oxygens (including phenoxy) is 3. The summed E-state index contributed by atoms with van der Waals surface area (Å²) in [6, 6.07) is 0. The van der Waals surface area contributed by atoms with Crippen molar-refractivity contribution in [1.29, 1.82) is 0 Å². The summed E-state index contributed by atoms with van der Waals surface area (Å²) >= 11 is 0. The fourth-order valence-electron chi connectivity index (χ4n) is 6.96. The minimum Gasteiger partial charge on any atom is -0.462 e. The second-order valence-electron chi connectivity index (χ2n) is 17.1. The smallest absolute Gasteiger partial charge is 0.306 e. The number of esters is 3. The summed E-state index contributed by atoms with van der Waals surface area (Å²) in [5, 5.41) is 0. The molecule has 0 bridgehead atoms. The Morgan fingerprint density at radius 2 is 0.688 bits per heavy atom. The predicted molar refractivity (Wildman–Crippen MR) is 274 cm³/mol. The Hall–Kier alpha value is -3.67. The first kappa shape index (κ1) is 60.3. The maximum Gasteiger partial charge on any atom is 0.306 e. The summed E-state index contributed by atoms with van der Waals surface area (Å²) in [7, 11) is 0. The van der Waals surface area contributed by atoms with Crippen LogP contribution in [0.15, 0.2) is 97.2 Å². The van der Waals surface area contributed by atoms with E-state index in [1.54, 1.807) is 0 Å². The molecule has 0 aliphatic rings. The first-order chi connectivity index (χ1) is 31.5. The van der Waals surface area contributed by atoms with Crippen LogP contribution in [0.25, 0.3) is 0 Å². The third-order valence-corrected chi connectivity index (χ3v) is 10.9. The topological polar surface area (TPSA) is 78.9 Å². The highest BCUT2D eigenvalue weighted by Crippen LogP contribution is 2.13. The van der Waals surface area contributed by atoms with Gasteiger partial charge in [0.1, 0.15) is 13.2 Å². The molecule has 6 heteroatoms. The summed E-state index contributed by atoms with van der Waals surface area (Å²) < 4.78 is 16.8. The van der Waals surface area contributed by atoms with Crippen molar-refractivity contribution in [3.05, 3.63) is 97.2 Å². The maximum atomic E-state index is 12.8. The van der Waals surface area contributed by atoms with Gasteiger partial charge in [0.05, 0.1) is 0 Å². The number of rotatable bonds is 46. The lowest BCUT2D eigenvalue weighted by molar-refractivity contribution is -0.167. The molecule has 0 radical (unpaired) electrons. The quantitative estimate of drug-likeness (QED) is 0.0199. The van der Waals surface area contributed by atoms with E-state index in [1.807, 2.05) is 0 Å². The van der Waals surface area contributed by atoms with Gasteiger partial charge in [-0.25, -0.2) is 0 Å². The van der Waals surface area contributed by atoms with Crippen LogP contribution in [-0.2, 0) is 28.6 Å². The molecule has 0 aromatic heterocycles. The Balaban J connectivity index is 4.44. The number of hydrogen-bond acceptors (Lipinski definition) is 6. The van der Waals surface area contributed by atoms with Crippen molar-refractivity contribution in [1.82, 2.24) is 0 Å². The Morgan fingerprint density at radius 1 is 0.344 bits per heavy atom. The molecule has 0 aliphatic carbocycles. The number of carbonyl (C=O) groups excluding carboxylic acids is 3. The fraction of sp³-hybridized carbons (Fsp3) is 0.672. The molecule has 1 unspecified atom stereocenters. The van der Waals surface area contributed by atoms with E-state index in [4.69, 9.17) is 14.2 Å². The SMILES string of the molecule is CC/C=C/C=C/C=C/CCCCCCCC(=O)OCC(COC(=O)CCCCCCCC/C=C/C/C=C/C/C=C/C/C=C/CC)OC(=O)CCCCC/C=C/CCCCCCCCC. The average Bonchev–Trinajstić information content (AvgIpc) is 3.29. The Labute approximate surface area is 394 Å². The van der Waals surface area contributed by atoms with Gasteiger partial charge in [-0.1, -0.05) is 208 Å². The third kappa shape index (κ3) is 49.3. The molecule has 0 saturated heterocycles. The van der Waals surface area contributed by atoms with E-state index in [2.05, 4.69) is 118 Å². The third-order valence-electron chi connectivity index (χ3n) is 10.9. The van der Waals surface area contributed by atoms with Crippen LogP contribution in [0.4, 0.5) is 0 Å². The summed E-state index contributed by atoms with van der Waals surface area (Å²) in [5.41, 5.74) is 0. The minimum absolute atomic E-state index is 0.0988. The van der Waals surface area contributed by atoms with Gasteiger partial charge in [-0.3, -0.25) is 14.4 Å². The van der Waals surface area contributed by atoms with Crippen molar-refractivity contribution >= 4 is 17.9 Å². The Bertz CT molecular complexity index is 1300. The van der Waals surface area contributed by atoms with Gasteiger partial charge in [-0.2, -0.15) is 0 Å². The molecule has 0 saturated carbocycles. The molecule has 0 aromatic rings. The first-order valence-corrected chi connectivity index (χ1v) is 26.3. The zero-order valence-corrected chi connectivity index (χ0v) is 41.5. The van der Waals surface area contributed by atoms with Gasteiger partial charge < -0.3 is 14.2 Å². The van der Waals surface area contributed by atoms with E-state index >= 15 is 0 Å². The number of hydrogen-bond donors (Lipinski definition) is 0. The number of carbonyl (C=O) groups is 3. The van der Waals surface area contributed by atoms with Crippen LogP contribution in [0.2, 0.25) is 0 Å². The Kier molecular flexibility index (Phi) is 49.0. The first-order valence-electron chi connectivity index (χ1n) is 26.3. The molecule has 1 atom stereocenters. The Morgan fingerprint density at radius 3 is 1.16 bits per heavy atom. The molecule has 6 nitrogen and oxygen atoms in total. The highest BCUT2D eigenvalue weighted by atomic mass is 16.6. The van der Waals surface area contributed by atoms with Gasteiger partial charge in [0.15, 0.2) is 6.10 Å². The van der Waals surface area contributed by atoms with E-state index in [-0.39, 0.29) is 31.1 Å². The van der Waals surface area contributed by atoms with Crippen molar-refractivity contribution in [3.63, 3.8) is 0 Å². The molecule has 0 spiro atoms. The summed E-state index contributed by atoms with van der Waals surface area (Å²) in [6.07, 6.45) is 68.2. The van der Waals surface area contributed by atoms with Crippen LogP contribution in [0.5, 0.6) is 0 Å². The summed E-state index contributed by atoms with van der Waals surface area (Å²) in [6.45, 7) is 6.34. The molecular weight excluding hydrogens is 793 g/mol. The maximum absolute atomic E-state index is 12.8. The molecule has 0 heterocycles. The van der Waals surface area contributed by atoms with Crippen LogP contribution in [0.1, 0.15) is 233 Å². The normalized spacial score (nSPS) is 12.9. The second kappa shape index (κ2) is 52.0. The van der Waals surface area contributed by atoms with Crippen LogP contribution in [0, 0.1) is 0 Å². The van der Waals surface area contributed by atoms with Gasteiger partial charge in [0.2, 0.25) is 0 Å². The van der Waals surface area contributed by atoms with Gasteiger partial charge in [-0.05, 0) is 103 Å². The lowest BCUT2D eigenvalue weighted by atomic mass is 10.1. The largest absolute Gasteiger partial charge is 0.462 e. The average molecular weight is 889 g/mol. The lowest BCUT2D eigenvalue weighted by Gasteiger charge is -2.18. The van der Waals surface area contributed by atoms with Crippen molar-refractivity contribution in [2.45, 2.75) is 239 Å². The van der Waals surface area contributed by atoms with Gasteiger partial charge in [-0.15, -0.1) is 0 Å². The van der Waals surface area contributed by atoms with Gasteiger partial charge in [0, 0.05) is 19.3 Å². The van der Waals surface area contributed by atoms with Crippen LogP contribution in [-0.4, -0.2) is 37.2 Å². The zero-order chi connectivity index (χ0) is 46.5. The van der Waals surface area contributed by atoms with E-state index in [0.717, 1.165) is 135 Å². The second-order valence-corrected chi connectivity index (χ2v) is 17.1. The standard InChI is InChI=1S/C58H96O6/c1-4-7-10-13-16-19-22-25-27-28-29-30-31-34-36-39-42-45-48-51-57(60)63-54-55(53-62-56(59)50-47-44-41-38-35-32-24-21-18-15-12-9-6-3)64-58(61)52-49-46-43-40-37-33-26-23-20-17-14-11-8-5-2/h7,9-10,12,15-16,18-19,21,24-25,27,29-30,33,37,55H,4-6,8,11,13-14,17,20,22-23,26,28,31-32,34-36,38-54H2,1-3H3/b10-7+,12-9+,18-15+,19-16+,24-21+,27-25+,30-29+,37-33+. The highest BCUT2D eigenvalue weighted by Gasteiger charge is 2.19. The molecule has 0 N–H and O–H groups in total. The van der Waals surface area contributed by atoms with Crippen LogP contribution >= 0.6 is 0 Å². The molecule has 64 heavy (non-hydrogen) atoms. The zero-order valence-electron chi connectivity index (χ0n) is 41.5. The van der Waals surface area contributed by atoms with Crippen molar-refractivity contribution in [2.24, 2.45) is 0 Å². The van der Waals surface area contributed by atoms with E-state index in [9.17, 15) is 14.4 Å². The molecule has 0 aliphatic heterocycles. The number of unbranched alkanes of at least 4 members (excludes halogenated alkanes) is 21. The lowest BCUT2D eigenvalue weighted by Crippen LogP contribution is -2.30. The van der Waals surface area contributed by atoms with Crippen LogP contribution in [0.3, 0.4) is 0 Å². The molecule has 0 fully saturated rings. The highest BCUT2D eigenvalue weighted by molar-refractivity contribution is 5.71. The molecule has 0 aromatic carbocycles. The minimum atomic E-state index is -0.800. The monoisotopic (exact) mass is 889 g/mol. The molecule has 0 rings (SSSR count). The predicted octanol–water partition coefficient (Wildman–Crippen LogP) is 17.4. The molecule has 364 valence electrons. The van der Waals surface area contributed by atoms with E-state index < -0.39 is 6.10 Å². The van der Waals surface area contributed by atoms with Gasteiger partial charge >= 0.3 is 17.9 Å². The molecule has 0 amide bonds. The molecular formula is C58H96O6. The van der Waals surface area contributed by atoms with Crippen molar-refractivity contribution in [3.8, 4) is 0 Å². The van der Waals surface area contributed by atoms with Crippen molar-refractivity contribution in [2.75, 3.05) is 13.2 Å². The summed E-state index contributed by atoms with van der Waals surface area (Å²) in [4.78, 5) is 38.0. The van der Waals surface area contributed by atoms with Crippen molar-refractivity contribution < 1.29 is 28.6 Å². The van der Waals surface area contributed by atoms with Crippen LogP contribution < -0.4 is 0 Å². The van der Waals surface area contributed by atoms with Gasteiger partial charge in [0.25, 0.3) is 0 Å².